The van der Waals surface area contributed by atoms with Gasteiger partial charge in [0.05, 0.1) is 5.69 Å². The molecule has 0 aliphatic heterocycles. The molecular formula is C14H14BrNO. The Bertz CT molecular complexity index is 496. The lowest BCUT2D eigenvalue weighted by Gasteiger charge is -2.11. The quantitative estimate of drug-likeness (QED) is 0.940. The lowest BCUT2D eigenvalue weighted by molar-refractivity contribution is 0.173. The number of aliphatic hydroxyl groups is 1. The zero-order chi connectivity index (χ0) is 12.3. The Labute approximate surface area is 109 Å². The predicted molar refractivity (Wildman–Crippen MR) is 71.8 cm³/mol. The first kappa shape index (κ1) is 12.3. The molecule has 0 spiro atoms. The summed E-state index contributed by atoms with van der Waals surface area (Å²) < 4.78 is 0.847. The van der Waals surface area contributed by atoms with Crippen LogP contribution in [0.1, 0.15) is 22.9 Å². The fourth-order valence-corrected chi connectivity index (χ4v) is 2.21. The molecule has 1 aromatic carbocycles. The largest absolute Gasteiger partial charge is 0.386 e. The van der Waals surface area contributed by atoms with Crippen molar-refractivity contribution in [2.75, 3.05) is 0 Å². The number of nitrogens with zero attached hydrogens (tertiary/aromatic N) is 1. The lowest BCUT2D eigenvalue weighted by atomic mass is 10.0. The SMILES string of the molecule is Cc1ccc(CC(O)c2ncccc2Br)cc1. The van der Waals surface area contributed by atoms with E-state index in [1.807, 2.05) is 24.3 Å². The van der Waals surface area contributed by atoms with Crippen molar-refractivity contribution in [2.45, 2.75) is 19.4 Å². The highest BCUT2D eigenvalue weighted by Gasteiger charge is 2.12. The van der Waals surface area contributed by atoms with Crippen molar-refractivity contribution in [1.82, 2.24) is 4.98 Å². The summed E-state index contributed by atoms with van der Waals surface area (Å²) in [5.74, 6) is 0. The molecule has 0 fully saturated rings. The number of aryl methyl sites for hydroxylation is 1. The molecule has 0 radical (unpaired) electrons. The van der Waals surface area contributed by atoms with Crippen LogP contribution in [0.3, 0.4) is 0 Å². The number of aliphatic hydroxyl groups excluding tert-OH is 1. The third-order valence-electron chi connectivity index (χ3n) is 2.65. The number of aromatic nitrogens is 1. The van der Waals surface area contributed by atoms with Crippen LogP contribution in [-0.2, 0) is 6.42 Å². The van der Waals surface area contributed by atoms with Crippen molar-refractivity contribution < 1.29 is 5.11 Å². The van der Waals surface area contributed by atoms with E-state index in [1.165, 1.54) is 5.56 Å². The predicted octanol–water partition coefficient (Wildman–Crippen LogP) is 3.43. The van der Waals surface area contributed by atoms with Crippen molar-refractivity contribution in [3.63, 3.8) is 0 Å². The minimum Gasteiger partial charge on any atom is -0.386 e. The van der Waals surface area contributed by atoms with Gasteiger partial charge in [-0.25, -0.2) is 0 Å². The van der Waals surface area contributed by atoms with Crippen molar-refractivity contribution in [2.24, 2.45) is 0 Å². The van der Waals surface area contributed by atoms with Gasteiger partial charge in [0.1, 0.15) is 6.10 Å². The highest BCUT2D eigenvalue weighted by molar-refractivity contribution is 9.10. The summed E-state index contributed by atoms with van der Waals surface area (Å²) in [5, 5.41) is 10.1. The second kappa shape index (κ2) is 5.43. The van der Waals surface area contributed by atoms with E-state index in [9.17, 15) is 5.11 Å². The maximum absolute atomic E-state index is 10.1. The van der Waals surface area contributed by atoms with Gasteiger partial charge in [0.15, 0.2) is 0 Å². The smallest absolute Gasteiger partial charge is 0.101 e. The molecule has 0 aliphatic carbocycles. The van der Waals surface area contributed by atoms with E-state index in [0.717, 1.165) is 10.0 Å². The molecule has 1 N–H and O–H groups in total. The Morgan fingerprint density at radius 1 is 1.24 bits per heavy atom. The summed E-state index contributed by atoms with van der Waals surface area (Å²) in [5.41, 5.74) is 3.02. The van der Waals surface area contributed by atoms with Crippen LogP contribution in [0.25, 0.3) is 0 Å². The minimum atomic E-state index is -0.576. The van der Waals surface area contributed by atoms with Crippen LogP contribution in [-0.4, -0.2) is 10.1 Å². The molecule has 0 saturated carbocycles. The maximum Gasteiger partial charge on any atom is 0.101 e. The van der Waals surface area contributed by atoms with Crippen LogP contribution in [0.4, 0.5) is 0 Å². The van der Waals surface area contributed by atoms with Gasteiger partial charge >= 0.3 is 0 Å². The molecule has 1 aromatic heterocycles. The van der Waals surface area contributed by atoms with Gasteiger partial charge in [0.2, 0.25) is 0 Å². The first-order valence-corrected chi connectivity index (χ1v) is 6.30. The van der Waals surface area contributed by atoms with Gasteiger partial charge in [-0.05, 0) is 40.5 Å². The van der Waals surface area contributed by atoms with Gasteiger partial charge < -0.3 is 5.11 Å². The van der Waals surface area contributed by atoms with Gasteiger partial charge in [-0.1, -0.05) is 29.8 Å². The van der Waals surface area contributed by atoms with E-state index in [2.05, 4.69) is 40.0 Å². The van der Waals surface area contributed by atoms with Crippen molar-refractivity contribution >= 4 is 15.9 Å². The van der Waals surface area contributed by atoms with Crippen molar-refractivity contribution in [3.05, 3.63) is 63.9 Å². The number of benzene rings is 1. The Hall–Kier alpha value is -1.19. The van der Waals surface area contributed by atoms with Gasteiger partial charge in [0.25, 0.3) is 0 Å². The van der Waals surface area contributed by atoms with Crippen molar-refractivity contribution in [1.29, 1.82) is 0 Å². The molecule has 3 heteroatoms. The molecule has 0 amide bonds. The van der Waals surface area contributed by atoms with E-state index < -0.39 is 6.10 Å². The molecule has 2 rings (SSSR count). The monoisotopic (exact) mass is 291 g/mol. The van der Waals surface area contributed by atoms with Crippen LogP contribution in [0.2, 0.25) is 0 Å². The molecule has 2 nitrogen and oxygen atoms in total. The maximum atomic E-state index is 10.1. The number of pyridine rings is 1. The molecule has 0 aliphatic rings. The summed E-state index contributed by atoms with van der Waals surface area (Å²) in [7, 11) is 0. The van der Waals surface area contributed by atoms with Crippen LogP contribution in [0.15, 0.2) is 47.1 Å². The normalized spacial score (nSPS) is 12.4. The lowest BCUT2D eigenvalue weighted by Crippen LogP contribution is -2.04. The van der Waals surface area contributed by atoms with Crippen molar-refractivity contribution in [3.8, 4) is 0 Å². The molecule has 1 heterocycles. The standard InChI is InChI=1S/C14H14BrNO/c1-10-4-6-11(7-5-10)9-13(17)14-12(15)3-2-8-16-14/h2-8,13,17H,9H2,1H3. The number of hydrogen-bond donors (Lipinski definition) is 1. The van der Waals surface area contributed by atoms with Crippen LogP contribution < -0.4 is 0 Å². The first-order valence-electron chi connectivity index (χ1n) is 5.51. The van der Waals surface area contributed by atoms with Crippen LogP contribution in [0, 0.1) is 6.92 Å². The average Bonchev–Trinajstić information content (AvgIpc) is 2.32. The average molecular weight is 292 g/mol. The van der Waals surface area contributed by atoms with E-state index >= 15 is 0 Å². The molecule has 1 unspecified atom stereocenters. The van der Waals surface area contributed by atoms with Gasteiger partial charge in [-0.3, -0.25) is 4.98 Å². The molecular weight excluding hydrogens is 278 g/mol. The van der Waals surface area contributed by atoms with Gasteiger partial charge in [0, 0.05) is 17.1 Å². The first-order chi connectivity index (χ1) is 8.16. The Balaban J connectivity index is 2.14. The highest BCUT2D eigenvalue weighted by atomic mass is 79.9. The van der Waals surface area contributed by atoms with Gasteiger partial charge in [-0.15, -0.1) is 0 Å². The molecule has 0 saturated heterocycles. The molecule has 0 bridgehead atoms. The summed E-state index contributed by atoms with van der Waals surface area (Å²) in [6, 6.07) is 11.9. The topological polar surface area (TPSA) is 33.1 Å². The summed E-state index contributed by atoms with van der Waals surface area (Å²) >= 11 is 3.40. The second-order valence-corrected chi connectivity index (χ2v) is 4.93. The van der Waals surface area contributed by atoms with Gasteiger partial charge in [-0.2, -0.15) is 0 Å². The number of halogens is 1. The molecule has 88 valence electrons. The summed E-state index contributed by atoms with van der Waals surface area (Å²) in [6.45, 7) is 2.05. The van der Waals surface area contributed by atoms with Crippen LogP contribution >= 0.6 is 15.9 Å². The van der Waals surface area contributed by atoms with E-state index in [1.54, 1.807) is 6.20 Å². The minimum absolute atomic E-state index is 0.576. The fraction of sp³-hybridized carbons (Fsp3) is 0.214. The summed E-state index contributed by atoms with van der Waals surface area (Å²) in [6.07, 6.45) is 1.70. The van der Waals surface area contributed by atoms with E-state index in [0.29, 0.717) is 12.1 Å². The Morgan fingerprint density at radius 3 is 2.59 bits per heavy atom. The number of rotatable bonds is 3. The molecule has 1 atom stereocenters. The van der Waals surface area contributed by atoms with E-state index in [4.69, 9.17) is 0 Å². The fourth-order valence-electron chi connectivity index (χ4n) is 1.69. The molecule has 2 aromatic rings. The Morgan fingerprint density at radius 2 is 1.94 bits per heavy atom. The zero-order valence-corrected chi connectivity index (χ0v) is 11.2. The highest BCUT2D eigenvalue weighted by Crippen LogP contribution is 2.23. The zero-order valence-electron chi connectivity index (χ0n) is 9.60. The van der Waals surface area contributed by atoms with Crippen LogP contribution in [0.5, 0.6) is 0 Å². The second-order valence-electron chi connectivity index (χ2n) is 4.08. The number of hydrogen-bond acceptors (Lipinski definition) is 2. The third kappa shape index (κ3) is 3.14. The summed E-state index contributed by atoms with van der Waals surface area (Å²) in [4.78, 5) is 4.20. The molecule has 17 heavy (non-hydrogen) atoms. The third-order valence-corrected chi connectivity index (χ3v) is 3.32. The van der Waals surface area contributed by atoms with E-state index in [-0.39, 0.29) is 0 Å². The Kier molecular flexibility index (Phi) is 3.92.